The zero-order valence-corrected chi connectivity index (χ0v) is 9.45. The predicted octanol–water partition coefficient (Wildman–Crippen LogP) is 3.00. The Morgan fingerprint density at radius 3 is 2.79 bits per heavy atom. The number of esters is 1. The second-order valence-electron chi connectivity index (χ2n) is 3.41. The fourth-order valence-electron chi connectivity index (χ4n) is 1.52. The minimum absolute atomic E-state index is 0.0986. The maximum atomic E-state index is 11.7. The molecule has 0 aromatic carbocycles. The Balaban J connectivity index is 2.21. The van der Waals surface area contributed by atoms with Gasteiger partial charge < -0.3 is 4.74 Å². The van der Waals surface area contributed by atoms with Crippen molar-refractivity contribution in [3.05, 3.63) is 21.3 Å². The largest absolute Gasteiger partial charge is 0.465 e. The minimum atomic E-state index is -0.353. The summed E-state index contributed by atoms with van der Waals surface area (Å²) in [6, 6.07) is 3.76. The van der Waals surface area contributed by atoms with Gasteiger partial charge in [-0.25, -0.2) is 0 Å². The fourth-order valence-corrected chi connectivity index (χ4v) is 2.79. The molecular formula is C10H11ClO2S. The first-order valence-corrected chi connectivity index (χ1v) is 5.81. The molecule has 0 aliphatic heterocycles. The highest BCUT2D eigenvalue weighted by atomic mass is 35.5. The first kappa shape index (κ1) is 9.99. The van der Waals surface area contributed by atoms with Crippen LogP contribution in [0.25, 0.3) is 0 Å². The molecule has 0 N–H and O–H groups in total. The predicted molar refractivity (Wildman–Crippen MR) is 56.9 cm³/mol. The third kappa shape index (κ3) is 1.55. The van der Waals surface area contributed by atoms with Crippen LogP contribution in [0.2, 0.25) is 4.34 Å². The van der Waals surface area contributed by atoms with E-state index in [1.54, 1.807) is 0 Å². The smallest absolute Gasteiger partial charge is 0.317 e. The second-order valence-corrected chi connectivity index (χ2v) is 5.12. The lowest BCUT2D eigenvalue weighted by Crippen LogP contribution is -2.21. The quantitative estimate of drug-likeness (QED) is 0.747. The molecule has 0 bridgehead atoms. The van der Waals surface area contributed by atoms with Crippen LogP contribution in [0.4, 0.5) is 0 Å². The monoisotopic (exact) mass is 230 g/mol. The Bertz CT molecular complexity index is 355. The van der Waals surface area contributed by atoms with Crippen LogP contribution in [0.3, 0.4) is 0 Å². The van der Waals surface area contributed by atoms with Crippen molar-refractivity contribution in [3.63, 3.8) is 0 Å². The Morgan fingerprint density at radius 2 is 2.36 bits per heavy atom. The van der Waals surface area contributed by atoms with E-state index in [9.17, 15) is 4.79 Å². The van der Waals surface area contributed by atoms with Crippen LogP contribution in [-0.2, 0) is 14.9 Å². The molecular weight excluding hydrogens is 220 g/mol. The first-order valence-electron chi connectivity index (χ1n) is 4.62. The average molecular weight is 231 g/mol. The molecule has 1 heterocycles. The van der Waals surface area contributed by atoms with Gasteiger partial charge in [-0.1, -0.05) is 11.6 Å². The lowest BCUT2D eigenvalue weighted by Gasteiger charge is -2.10. The fraction of sp³-hybridized carbons (Fsp3) is 0.500. The molecule has 14 heavy (non-hydrogen) atoms. The molecule has 2 nitrogen and oxygen atoms in total. The number of rotatable bonds is 3. The van der Waals surface area contributed by atoms with E-state index in [4.69, 9.17) is 16.3 Å². The Labute approximate surface area is 91.8 Å². The molecule has 2 rings (SSSR count). The van der Waals surface area contributed by atoms with Gasteiger partial charge in [0, 0.05) is 4.88 Å². The molecule has 1 aliphatic rings. The lowest BCUT2D eigenvalue weighted by atomic mass is 10.1. The number of carbonyl (C=O) groups is 1. The molecule has 0 unspecified atom stereocenters. The van der Waals surface area contributed by atoms with Crippen LogP contribution in [-0.4, -0.2) is 12.6 Å². The van der Waals surface area contributed by atoms with Crippen LogP contribution in [0, 0.1) is 0 Å². The van der Waals surface area contributed by atoms with Crippen molar-refractivity contribution >= 4 is 28.9 Å². The average Bonchev–Trinajstić information content (AvgIpc) is 2.85. The highest BCUT2D eigenvalue weighted by molar-refractivity contribution is 7.16. The number of carbonyl (C=O) groups excluding carboxylic acids is 1. The first-order chi connectivity index (χ1) is 6.69. The second kappa shape index (κ2) is 3.55. The summed E-state index contributed by atoms with van der Waals surface area (Å²) in [6.07, 6.45) is 1.78. The normalized spacial score (nSPS) is 17.9. The molecule has 0 radical (unpaired) electrons. The third-order valence-corrected chi connectivity index (χ3v) is 3.90. The molecule has 4 heteroatoms. The van der Waals surface area contributed by atoms with Crippen molar-refractivity contribution in [2.45, 2.75) is 25.2 Å². The van der Waals surface area contributed by atoms with E-state index in [0.29, 0.717) is 6.61 Å². The summed E-state index contributed by atoms with van der Waals surface area (Å²) in [5, 5.41) is 0. The lowest BCUT2D eigenvalue weighted by molar-refractivity contribution is -0.146. The Kier molecular flexibility index (Phi) is 2.54. The number of hydrogen-bond donors (Lipinski definition) is 0. The molecule has 1 aromatic rings. The SMILES string of the molecule is CCOC(=O)C1(c2ccc(Cl)s2)CC1. The zero-order chi connectivity index (χ0) is 10.2. The van der Waals surface area contributed by atoms with E-state index in [2.05, 4.69) is 0 Å². The summed E-state index contributed by atoms with van der Waals surface area (Å²) < 4.78 is 5.79. The van der Waals surface area contributed by atoms with Gasteiger partial charge in [0.1, 0.15) is 5.41 Å². The highest BCUT2D eigenvalue weighted by Gasteiger charge is 2.53. The summed E-state index contributed by atoms with van der Waals surface area (Å²) in [5.74, 6) is -0.0986. The number of thiophene rings is 1. The van der Waals surface area contributed by atoms with Crippen molar-refractivity contribution in [3.8, 4) is 0 Å². The highest BCUT2D eigenvalue weighted by Crippen LogP contribution is 2.51. The van der Waals surface area contributed by atoms with Crippen LogP contribution >= 0.6 is 22.9 Å². The summed E-state index contributed by atoms with van der Waals surface area (Å²) >= 11 is 7.32. The summed E-state index contributed by atoms with van der Waals surface area (Å²) in [5.41, 5.74) is -0.353. The minimum Gasteiger partial charge on any atom is -0.465 e. The van der Waals surface area contributed by atoms with Gasteiger partial charge in [0.05, 0.1) is 10.9 Å². The number of halogens is 1. The van der Waals surface area contributed by atoms with Crippen LogP contribution in [0.1, 0.15) is 24.6 Å². The summed E-state index contributed by atoms with van der Waals surface area (Å²) in [6.45, 7) is 2.27. The van der Waals surface area contributed by atoms with Gasteiger partial charge in [0.25, 0.3) is 0 Å². The van der Waals surface area contributed by atoms with Gasteiger partial charge in [0.2, 0.25) is 0 Å². The van der Waals surface area contributed by atoms with E-state index in [-0.39, 0.29) is 11.4 Å². The molecule has 0 atom stereocenters. The molecule has 0 saturated heterocycles. The zero-order valence-electron chi connectivity index (χ0n) is 7.88. The van der Waals surface area contributed by atoms with Crippen molar-refractivity contribution < 1.29 is 9.53 Å². The van der Waals surface area contributed by atoms with Crippen LogP contribution in [0.5, 0.6) is 0 Å². The van der Waals surface area contributed by atoms with Crippen molar-refractivity contribution in [2.75, 3.05) is 6.61 Å². The number of hydrogen-bond acceptors (Lipinski definition) is 3. The molecule has 0 spiro atoms. The Morgan fingerprint density at radius 1 is 1.64 bits per heavy atom. The van der Waals surface area contributed by atoms with E-state index in [1.807, 2.05) is 19.1 Å². The van der Waals surface area contributed by atoms with Gasteiger partial charge in [-0.2, -0.15) is 0 Å². The van der Waals surface area contributed by atoms with E-state index in [1.165, 1.54) is 11.3 Å². The molecule has 1 aliphatic carbocycles. The van der Waals surface area contributed by atoms with Gasteiger partial charge in [-0.15, -0.1) is 11.3 Å². The maximum Gasteiger partial charge on any atom is 0.317 e. The Hall–Kier alpha value is -0.540. The molecule has 76 valence electrons. The third-order valence-electron chi connectivity index (χ3n) is 2.46. The van der Waals surface area contributed by atoms with Crippen molar-refractivity contribution in [1.29, 1.82) is 0 Å². The van der Waals surface area contributed by atoms with Crippen molar-refractivity contribution in [1.82, 2.24) is 0 Å². The molecule has 1 aromatic heterocycles. The number of ether oxygens (including phenoxy) is 1. The van der Waals surface area contributed by atoms with E-state index >= 15 is 0 Å². The van der Waals surface area contributed by atoms with E-state index < -0.39 is 0 Å². The van der Waals surface area contributed by atoms with Gasteiger partial charge >= 0.3 is 5.97 Å². The standard InChI is InChI=1S/C10H11ClO2S/c1-2-13-9(12)10(5-6-10)7-3-4-8(11)14-7/h3-4H,2,5-6H2,1H3. The van der Waals surface area contributed by atoms with Crippen LogP contribution in [0.15, 0.2) is 12.1 Å². The molecule has 1 saturated carbocycles. The van der Waals surface area contributed by atoms with Crippen LogP contribution < -0.4 is 0 Å². The molecule has 0 amide bonds. The molecule has 1 fully saturated rings. The summed E-state index contributed by atoms with van der Waals surface area (Å²) in [7, 11) is 0. The van der Waals surface area contributed by atoms with Crippen molar-refractivity contribution in [2.24, 2.45) is 0 Å². The van der Waals surface area contributed by atoms with Gasteiger partial charge in [-0.3, -0.25) is 4.79 Å². The summed E-state index contributed by atoms with van der Waals surface area (Å²) in [4.78, 5) is 12.7. The van der Waals surface area contributed by atoms with E-state index in [0.717, 1.165) is 22.1 Å². The van der Waals surface area contributed by atoms with Gasteiger partial charge in [-0.05, 0) is 31.9 Å². The van der Waals surface area contributed by atoms with Gasteiger partial charge in [0.15, 0.2) is 0 Å². The maximum absolute atomic E-state index is 11.7. The topological polar surface area (TPSA) is 26.3 Å².